The van der Waals surface area contributed by atoms with Gasteiger partial charge in [-0.25, -0.2) is 0 Å². The second-order valence-corrected chi connectivity index (χ2v) is 8.26. The standard InChI is InChI=1S/C25H29NO7/c1-29-21-10-15-5-4-14(11-22(26)28)18-12-20(33-16-8-9-32-13-16)19(27)7-6-17(18)23(15)25(31-3)24(21)30-2/h6-7,10,12,14,16H,4-5,8-9,11,13H2,1-3H3,(H2,26,28)/t14-,16-/m0/s1. The van der Waals surface area contributed by atoms with E-state index < -0.39 is 5.91 Å². The summed E-state index contributed by atoms with van der Waals surface area (Å²) in [6, 6.07) is 6.94. The Hall–Kier alpha value is -3.26. The zero-order chi connectivity index (χ0) is 23.5. The number of primary amides is 1. The summed E-state index contributed by atoms with van der Waals surface area (Å²) < 4.78 is 28.3. The van der Waals surface area contributed by atoms with E-state index in [1.807, 2.05) is 6.07 Å². The van der Waals surface area contributed by atoms with Crippen molar-refractivity contribution in [2.45, 2.75) is 37.7 Å². The van der Waals surface area contributed by atoms with Crippen LogP contribution in [0.4, 0.5) is 0 Å². The number of hydrogen-bond acceptors (Lipinski definition) is 7. The van der Waals surface area contributed by atoms with Crippen LogP contribution in [0.3, 0.4) is 0 Å². The van der Waals surface area contributed by atoms with Crippen molar-refractivity contribution in [1.29, 1.82) is 0 Å². The molecule has 0 spiro atoms. The van der Waals surface area contributed by atoms with Crippen LogP contribution in [0.25, 0.3) is 11.1 Å². The number of rotatable bonds is 7. The normalized spacial score (nSPS) is 19.1. The van der Waals surface area contributed by atoms with Crippen LogP contribution in [-0.2, 0) is 16.0 Å². The predicted molar refractivity (Wildman–Crippen MR) is 123 cm³/mol. The lowest BCUT2D eigenvalue weighted by atomic mass is 9.90. The number of carbonyl (C=O) groups is 1. The summed E-state index contributed by atoms with van der Waals surface area (Å²) in [6.45, 7) is 1.05. The Morgan fingerprint density at radius 2 is 1.85 bits per heavy atom. The summed E-state index contributed by atoms with van der Waals surface area (Å²) in [4.78, 5) is 24.9. The van der Waals surface area contributed by atoms with E-state index in [-0.39, 0.29) is 29.6 Å². The first kappa shape index (κ1) is 22.9. The fraction of sp³-hybridized carbons (Fsp3) is 0.440. The van der Waals surface area contributed by atoms with Crippen LogP contribution in [0.2, 0.25) is 0 Å². The molecular weight excluding hydrogens is 426 g/mol. The molecule has 2 N–H and O–H groups in total. The van der Waals surface area contributed by atoms with E-state index in [1.54, 1.807) is 33.5 Å². The third kappa shape index (κ3) is 4.48. The molecule has 1 aliphatic heterocycles. The van der Waals surface area contributed by atoms with E-state index in [2.05, 4.69) is 0 Å². The molecule has 0 radical (unpaired) electrons. The molecule has 1 fully saturated rings. The van der Waals surface area contributed by atoms with Crippen LogP contribution < -0.4 is 30.1 Å². The number of ether oxygens (including phenoxy) is 5. The minimum Gasteiger partial charge on any atom is -0.493 e. The van der Waals surface area contributed by atoms with Gasteiger partial charge in [-0.1, -0.05) is 0 Å². The van der Waals surface area contributed by atoms with Gasteiger partial charge in [0.05, 0.1) is 34.5 Å². The number of benzene rings is 1. The monoisotopic (exact) mass is 455 g/mol. The molecule has 1 amide bonds. The number of methoxy groups -OCH3 is 3. The van der Waals surface area contributed by atoms with Crippen LogP contribution in [0.5, 0.6) is 23.0 Å². The first-order chi connectivity index (χ1) is 16.0. The fourth-order valence-electron chi connectivity index (χ4n) is 4.71. The van der Waals surface area contributed by atoms with Gasteiger partial charge in [-0.2, -0.15) is 0 Å². The molecule has 0 aromatic heterocycles. The van der Waals surface area contributed by atoms with Crippen molar-refractivity contribution >= 4 is 5.91 Å². The van der Waals surface area contributed by atoms with Crippen LogP contribution in [0, 0.1) is 0 Å². The quantitative estimate of drug-likeness (QED) is 0.684. The molecule has 2 atom stereocenters. The Balaban J connectivity index is 1.97. The summed E-state index contributed by atoms with van der Waals surface area (Å²) >= 11 is 0. The van der Waals surface area contributed by atoms with E-state index in [9.17, 15) is 9.59 Å². The number of carbonyl (C=O) groups excluding carboxylic acids is 1. The highest BCUT2D eigenvalue weighted by molar-refractivity contribution is 5.83. The lowest BCUT2D eigenvalue weighted by molar-refractivity contribution is -0.118. The smallest absolute Gasteiger partial charge is 0.220 e. The molecule has 4 rings (SSSR count). The van der Waals surface area contributed by atoms with Crippen molar-refractivity contribution in [3.05, 3.63) is 45.6 Å². The molecule has 33 heavy (non-hydrogen) atoms. The number of aryl methyl sites for hydroxylation is 1. The maximum atomic E-state index is 12.9. The number of fused-ring (bicyclic) bond motifs is 3. The third-order valence-electron chi connectivity index (χ3n) is 6.25. The van der Waals surface area contributed by atoms with Gasteiger partial charge in [0.1, 0.15) is 6.10 Å². The SMILES string of the molecule is COc1cc2c(c(OC)c1OC)-c1ccc(=O)c(O[C@H]3CCOC3)cc1[C@H](CC(N)=O)CC2. The summed E-state index contributed by atoms with van der Waals surface area (Å²) in [5.74, 6) is 1.17. The van der Waals surface area contributed by atoms with Gasteiger partial charge in [-0.15, -0.1) is 0 Å². The lowest BCUT2D eigenvalue weighted by Gasteiger charge is -2.19. The van der Waals surface area contributed by atoms with Crippen LogP contribution in [0.15, 0.2) is 29.1 Å². The molecule has 2 aliphatic rings. The Kier molecular flexibility index (Phi) is 6.74. The summed E-state index contributed by atoms with van der Waals surface area (Å²) in [5, 5.41) is 0. The lowest BCUT2D eigenvalue weighted by Crippen LogP contribution is -2.19. The van der Waals surface area contributed by atoms with Crippen molar-refractivity contribution in [3.63, 3.8) is 0 Å². The molecule has 1 aliphatic carbocycles. The largest absolute Gasteiger partial charge is 0.493 e. The van der Waals surface area contributed by atoms with E-state index >= 15 is 0 Å². The minimum absolute atomic E-state index is 0.155. The summed E-state index contributed by atoms with van der Waals surface area (Å²) in [7, 11) is 4.69. The second-order valence-electron chi connectivity index (χ2n) is 8.26. The molecule has 1 heterocycles. The highest BCUT2D eigenvalue weighted by Gasteiger charge is 2.30. The molecular formula is C25H29NO7. The van der Waals surface area contributed by atoms with E-state index in [0.29, 0.717) is 43.3 Å². The number of nitrogens with two attached hydrogens (primary N) is 1. The highest BCUT2D eigenvalue weighted by Crippen LogP contribution is 2.51. The molecule has 176 valence electrons. The topological polar surface area (TPSA) is 106 Å². The van der Waals surface area contributed by atoms with Crippen molar-refractivity contribution < 1.29 is 28.5 Å². The fourth-order valence-corrected chi connectivity index (χ4v) is 4.71. The molecule has 8 nitrogen and oxygen atoms in total. The van der Waals surface area contributed by atoms with Crippen LogP contribution in [-0.4, -0.2) is 46.6 Å². The molecule has 0 saturated carbocycles. The molecule has 0 unspecified atom stereocenters. The Labute approximate surface area is 192 Å². The second kappa shape index (κ2) is 9.70. The van der Waals surface area contributed by atoms with Gasteiger partial charge < -0.3 is 29.4 Å². The van der Waals surface area contributed by atoms with Crippen LogP contribution in [0.1, 0.15) is 36.3 Å². The average Bonchev–Trinajstić information content (AvgIpc) is 3.21. The van der Waals surface area contributed by atoms with Gasteiger partial charge in [-0.3, -0.25) is 9.59 Å². The zero-order valence-electron chi connectivity index (χ0n) is 19.1. The van der Waals surface area contributed by atoms with E-state index in [1.165, 1.54) is 6.07 Å². The first-order valence-electron chi connectivity index (χ1n) is 11.0. The van der Waals surface area contributed by atoms with Gasteiger partial charge in [0.2, 0.25) is 17.1 Å². The van der Waals surface area contributed by atoms with Gasteiger partial charge in [0.15, 0.2) is 17.2 Å². The van der Waals surface area contributed by atoms with E-state index in [0.717, 1.165) is 28.7 Å². The van der Waals surface area contributed by atoms with Crippen molar-refractivity contribution in [2.75, 3.05) is 34.5 Å². The van der Waals surface area contributed by atoms with Gasteiger partial charge in [0, 0.05) is 18.4 Å². The van der Waals surface area contributed by atoms with Crippen molar-refractivity contribution in [1.82, 2.24) is 0 Å². The zero-order valence-corrected chi connectivity index (χ0v) is 19.1. The maximum Gasteiger partial charge on any atom is 0.220 e. The van der Waals surface area contributed by atoms with Crippen molar-refractivity contribution in [3.8, 4) is 34.1 Å². The molecule has 2 aromatic rings. The average molecular weight is 456 g/mol. The van der Waals surface area contributed by atoms with Gasteiger partial charge in [0.25, 0.3) is 0 Å². The highest BCUT2D eigenvalue weighted by atomic mass is 16.5. The minimum atomic E-state index is -0.403. The Bertz CT molecular complexity index is 1110. The predicted octanol–water partition coefficient (Wildman–Crippen LogP) is 2.81. The Morgan fingerprint density at radius 3 is 2.48 bits per heavy atom. The van der Waals surface area contributed by atoms with Crippen LogP contribution >= 0.6 is 0 Å². The first-order valence-corrected chi connectivity index (χ1v) is 11.0. The van der Waals surface area contributed by atoms with Crippen molar-refractivity contribution in [2.24, 2.45) is 5.73 Å². The third-order valence-corrected chi connectivity index (χ3v) is 6.25. The maximum absolute atomic E-state index is 12.9. The number of amides is 1. The van der Waals surface area contributed by atoms with Gasteiger partial charge >= 0.3 is 0 Å². The summed E-state index contributed by atoms with van der Waals surface area (Å²) in [6.07, 6.45) is 2.02. The van der Waals surface area contributed by atoms with Gasteiger partial charge in [-0.05, 0) is 59.7 Å². The summed E-state index contributed by atoms with van der Waals surface area (Å²) in [5.41, 5.74) is 8.74. The molecule has 1 saturated heterocycles. The molecule has 2 aromatic carbocycles. The Morgan fingerprint density at radius 1 is 1.06 bits per heavy atom. The molecule has 8 heteroatoms. The number of hydrogen-bond donors (Lipinski definition) is 1. The van der Waals surface area contributed by atoms with E-state index in [4.69, 9.17) is 29.4 Å². The molecule has 0 bridgehead atoms.